The van der Waals surface area contributed by atoms with Crippen LogP contribution in [0.4, 0.5) is 5.69 Å². The summed E-state index contributed by atoms with van der Waals surface area (Å²) in [7, 11) is 0. The summed E-state index contributed by atoms with van der Waals surface area (Å²) in [4.78, 5) is 12.7. The maximum Gasteiger partial charge on any atom is 0.234 e. The van der Waals surface area contributed by atoms with Crippen molar-refractivity contribution < 1.29 is 14.6 Å². The highest BCUT2D eigenvalue weighted by atomic mass is 79.9. The van der Waals surface area contributed by atoms with Crippen LogP contribution in [0.1, 0.15) is 6.92 Å². The van der Waals surface area contributed by atoms with Crippen LogP contribution in [0, 0.1) is 0 Å². The molecule has 0 unspecified atom stereocenters. The van der Waals surface area contributed by atoms with Crippen LogP contribution in [-0.2, 0) is 4.79 Å². The Kier molecular flexibility index (Phi) is 7.31. The Hall–Kier alpha value is -3.30. The van der Waals surface area contributed by atoms with Crippen molar-refractivity contribution in [2.45, 2.75) is 12.1 Å². The lowest BCUT2D eigenvalue weighted by atomic mass is 10.2. The molecule has 2 N–H and O–H groups in total. The number of phenolic OH excluding ortho intramolecular Hbond substituents is 1. The minimum Gasteiger partial charge on any atom is -0.507 e. The van der Waals surface area contributed by atoms with E-state index >= 15 is 0 Å². The van der Waals surface area contributed by atoms with Crippen LogP contribution in [0.2, 0.25) is 0 Å². The summed E-state index contributed by atoms with van der Waals surface area (Å²) in [6.45, 7) is 2.40. The topological polar surface area (TPSA) is 89.3 Å². The molecule has 9 heteroatoms. The van der Waals surface area contributed by atoms with Crippen LogP contribution >= 0.6 is 27.7 Å². The fraction of sp³-hybridized carbons (Fsp3) is 0.125. The van der Waals surface area contributed by atoms with Gasteiger partial charge in [0.15, 0.2) is 11.0 Å². The Balaban J connectivity index is 1.60. The molecular formula is C24H21BrN4O3S. The van der Waals surface area contributed by atoms with Gasteiger partial charge in [-0.1, -0.05) is 58.0 Å². The number of hydrogen-bond donors (Lipinski definition) is 2. The monoisotopic (exact) mass is 524 g/mol. The molecule has 0 atom stereocenters. The van der Waals surface area contributed by atoms with Gasteiger partial charge in [-0.2, -0.15) is 0 Å². The van der Waals surface area contributed by atoms with Crippen molar-refractivity contribution >= 4 is 39.3 Å². The molecule has 0 aliphatic heterocycles. The zero-order valence-corrected chi connectivity index (χ0v) is 20.1. The SMILES string of the molecule is CCOc1ccccc1NC(=O)CSc1nnc(-c2cc(Br)ccc2O)n1-c1ccccc1. The summed E-state index contributed by atoms with van der Waals surface area (Å²) in [5.41, 5.74) is 1.97. The lowest BCUT2D eigenvalue weighted by molar-refractivity contribution is -0.113. The van der Waals surface area contributed by atoms with E-state index in [1.165, 1.54) is 11.8 Å². The molecule has 0 aliphatic carbocycles. The molecular weight excluding hydrogens is 504 g/mol. The van der Waals surface area contributed by atoms with Crippen LogP contribution < -0.4 is 10.1 Å². The van der Waals surface area contributed by atoms with E-state index in [2.05, 4.69) is 31.4 Å². The van der Waals surface area contributed by atoms with Crippen molar-refractivity contribution in [3.05, 3.63) is 77.3 Å². The highest BCUT2D eigenvalue weighted by Gasteiger charge is 2.20. The molecule has 0 fully saturated rings. The number of nitrogens with zero attached hydrogens (tertiary/aromatic N) is 3. The van der Waals surface area contributed by atoms with Crippen molar-refractivity contribution in [1.82, 2.24) is 14.8 Å². The van der Waals surface area contributed by atoms with Gasteiger partial charge in [0.05, 0.1) is 23.6 Å². The van der Waals surface area contributed by atoms with E-state index in [-0.39, 0.29) is 17.4 Å². The number of rotatable bonds is 8. The van der Waals surface area contributed by atoms with Crippen LogP contribution in [0.3, 0.4) is 0 Å². The van der Waals surface area contributed by atoms with Gasteiger partial charge in [-0.05, 0) is 49.4 Å². The third kappa shape index (κ3) is 5.37. The van der Waals surface area contributed by atoms with Crippen LogP contribution in [0.5, 0.6) is 11.5 Å². The first-order chi connectivity index (χ1) is 16.1. The van der Waals surface area contributed by atoms with Gasteiger partial charge in [-0.15, -0.1) is 10.2 Å². The minimum absolute atomic E-state index is 0.0876. The molecule has 168 valence electrons. The number of anilines is 1. The van der Waals surface area contributed by atoms with Gasteiger partial charge >= 0.3 is 0 Å². The average molecular weight is 525 g/mol. The van der Waals surface area contributed by atoms with Crippen molar-refractivity contribution in [2.24, 2.45) is 0 Å². The highest BCUT2D eigenvalue weighted by molar-refractivity contribution is 9.10. The van der Waals surface area contributed by atoms with E-state index in [0.717, 1.165) is 10.2 Å². The number of benzene rings is 3. The number of carbonyl (C=O) groups excluding carboxylic acids is 1. The van der Waals surface area contributed by atoms with Crippen molar-refractivity contribution in [2.75, 3.05) is 17.7 Å². The second-order valence-electron chi connectivity index (χ2n) is 6.90. The third-order valence-electron chi connectivity index (χ3n) is 4.64. The first kappa shape index (κ1) is 22.9. The molecule has 1 heterocycles. The number of halogens is 1. The number of carbonyl (C=O) groups is 1. The van der Waals surface area contributed by atoms with E-state index < -0.39 is 0 Å². The molecule has 33 heavy (non-hydrogen) atoms. The van der Waals surface area contributed by atoms with Crippen molar-refractivity contribution in [1.29, 1.82) is 0 Å². The zero-order valence-electron chi connectivity index (χ0n) is 17.7. The molecule has 0 radical (unpaired) electrons. The molecule has 0 aliphatic rings. The number of aromatic hydroxyl groups is 1. The number of amides is 1. The predicted octanol–water partition coefficient (Wildman–Crippen LogP) is 5.53. The van der Waals surface area contributed by atoms with Crippen molar-refractivity contribution in [3.63, 3.8) is 0 Å². The maximum atomic E-state index is 12.7. The maximum absolute atomic E-state index is 12.7. The number of phenols is 1. The summed E-state index contributed by atoms with van der Waals surface area (Å²) in [6, 6.07) is 22.0. The lowest BCUT2D eigenvalue weighted by Crippen LogP contribution is -2.15. The number of para-hydroxylation sites is 3. The molecule has 0 bridgehead atoms. The molecule has 4 aromatic rings. The third-order valence-corrected chi connectivity index (χ3v) is 6.06. The number of aromatic nitrogens is 3. The number of ether oxygens (including phenoxy) is 1. The predicted molar refractivity (Wildman–Crippen MR) is 133 cm³/mol. The van der Waals surface area contributed by atoms with E-state index in [0.29, 0.717) is 34.6 Å². The molecule has 0 saturated carbocycles. The fourth-order valence-corrected chi connectivity index (χ4v) is 4.32. The van der Waals surface area contributed by atoms with Gasteiger partial charge in [0.1, 0.15) is 11.5 Å². The van der Waals surface area contributed by atoms with E-state index in [1.807, 2.05) is 60.0 Å². The molecule has 4 rings (SSSR count). The number of hydrogen-bond acceptors (Lipinski definition) is 6. The van der Waals surface area contributed by atoms with Gasteiger partial charge in [-0.25, -0.2) is 0 Å². The average Bonchev–Trinajstić information content (AvgIpc) is 3.25. The van der Waals surface area contributed by atoms with Gasteiger partial charge in [0.2, 0.25) is 5.91 Å². The standard InChI is InChI=1S/C24H21BrN4O3S/c1-2-32-21-11-7-6-10-19(21)26-22(31)15-33-24-28-27-23(18-14-16(25)12-13-20(18)30)29(24)17-8-4-3-5-9-17/h3-14,30H,2,15H2,1H3,(H,26,31). The summed E-state index contributed by atoms with van der Waals surface area (Å²) in [5, 5.41) is 22.5. The first-order valence-corrected chi connectivity index (χ1v) is 12.0. The van der Waals surface area contributed by atoms with E-state index in [4.69, 9.17) is 4.74 Å². The van der Waals surface area contributed by atoms with Crippen molar-refractivity contribution in [3.8, 4) is 28.6 Å². The second kappa shape index (κ2) is 10.5. The zero-order chi connectivity index (χ0) is 23.2. The minimum atomic E-state index is -0.193. The van der Waals surface area contributed by atoms with E-state index in [1.54, 1.807) is 24.3 Å². The Bertz CT molecular complexity index is 1260. The van der Waals surface area contributed by atoms with Gasteiger partial charge < -0.3 is 15.2 Å². The van der Waals surface area contributed by atoms with Gasteiger partial charge in [0, 0.05) is 10.2 Å². The Morgan fingerprint density at radius 1 is 1.09 bits per heavy atom. The molecule has 1 aromatic heterocycles. The quantitative estimate of drug-likeness (QED) is 0.294. The lowest BCUT2D eigenvalue weighted by Gasteiger charge is -2.12. The van der Waals surface area contributed by atoms with Crippen LogP contribution in [-0.4, -0.2) is 38.1 Å². The summed E-state index contributed by atoms with van der Waals surface area (Å²) >= 11 is 4.70. The van der Waals surface area contributed by atoms with Crippen LogP contribution in [0.25, 0.3) is 17.1 Å². The Morgan fingerprint density at radius 2 is 1.85 bits per heavy atom. The molecule has 7 nitrogen and oxygen atoms in total. The summed E-state index contributed by atoms with van der Waals surface area (Å²) < 4.78 is 8.21. The second-order valence-corrected chi connectivity index (χ2v) is 8.76. The smallest absolute Gasteiger partial charge is 0.234 e. The Labute approximate surface area is 203 Å². The molecule has 3 aromatic carbocycles. The summed E-state index contributed by atoms with van der Waals surface area (Å²) in [5.74, 6) is 1.12. The largest absolute Gasteiger partial charge is 0.507 e. The molecule has 0 spiro atoms. The highest BCUT2D eigenvalue weighted by Crippen LogP contribution is 2.34. The Morgan fingerprint density at radius 3 is 2.64 bits per heavy atom. The van der Waals surface area contributed by atoms with Gasteiger partial charge in [0.25, 0.3) is 0 Å². The first-order valence-electron chi connectivity index (χ1n) is 10.2. The summed E-state index contributed by atoms with van der Waals surface area (Å²) in [6.07, 6.45) is 0. The van der Waals surface area contributed by atoms with E-state index in [9.17, 15) is 9.90 Å². The normalized spacial score (nSPS) is 10.7. The van der Waals surface area contributed by atoms with Crippen LogP contribution in [0.15, 0.2) is 82.4 Å². The number of nitrogens with one attached hydrogen (secondary N) is 1. The molecule has 1 amide bonds. The van der Waals surface area contributed by atoms with Gasteiger partial charge in [-0.3, -0.25) is 9.36 Å². The number of thioether (sulfide) groups is 1. The fourth-order valence-electron chi connectivity index (χ4n) is 3.20. The molecule has 0 saturated heterocycles.